The maximum atomic E-state index is 11.2. The Balaban J connectivity index is 2.02. The van der Waals surface area contributed by atoms with Gasteiger partial charge in [-0.1, -0.05) is 0 Å². The molecular formula is C8H13NO2. The van der Waals surface area contributed by atoms with Gasteiger partial charge < -0.3 is 10.1 Å². The summed E-state index contributed by atoms with van der Waals surface area (Å²) in [6, 6.07) is 0.587. The van der Waals surface area contributed by atoms with Gasteiger partial charge in [-0.2, -0.15) is 0 Å². The van der Waals surface area contributed by atoms with Crippen LogP contribution in [0.15, 0.2) is 0 Å². The topological polar surface area (TPSA) is 38.3 Å². The summed E-state index contributed by atoms with van der Waals surface area (Å²) in [5, 5.41) is 3.36. The van der Waals surface area contributed by atoms with E-state index in [1.165, 1.54) is 13.5 Å². The molecule has 0 radical (unpaired) electrons. The van der Waals surface area contributed by atoms with Crippen LogP contribution in [0.4, 0.5) is 0 Å². The Morgan fingerprint density at radius 3 is 2.82 bits per heavy atom. The highest BCUT2D eigenvalue weighted by Crippen LogP contribution is 2.36. The van der Waals surface area contributed by atoms with Crippen molar-refractivity contribution in [3.63, 3.8) is 0 Å². The molecule has 2 rings (SSSR count). The van der Waals surface area contributed by atoms with E-state index in [1.807, 2.05) is 0 Å². The number of esters is 1. The Labute approximate surface area is 66.1 Å². The van der Waals surface area contributed by atoms with E-state index in [-0.39, 0.29) is 11.9 Å². The molecule has 1 saturated heterocycles. The molecule has 0 amide bonds. The minimum absolute atomic E-state index is 0.0148. The lowest BCUT2D eigenvalue weighted by Crippen LogP contribution is -2.33. The van der Waals surface area contributed by atoms with E-state index in [0.717, 1.165) is 13.0 Å². The van der Waals surface area contributed by atoms with Gasteiger partial charge in [-0.3, -0.25) is 4.79 Å². The van der Waals surface area contributed by atoms with Crippen molar-refractivity contribution in [3.05, 3.63) is 0 Å². The summed E-state index contributed by atoms with van der Waals surface area (Å²) in [5.41, 5.74) is 0. The molecule has 1 aliphatic carbocycles. The minimum atomic E-state index is -0.0148. The molecule has 0 aromatic heterocycles. The normalized spacial score (nSPS) is 41.0. The Morgan fingerprint density at radius 1 is 1.55 bits per heavy atom. The predicted octanol–water partition coefficient (Wildman–Crippen LogP) is 0.157. The van der Waals surface area contributed by atoms with Crippen LogP contribution in [0, 0.1) is 11.8 Å². The molecule has 2 fully saturated rings. The number of hydrogen-bond acceptors (Lipinski definition) is 3. The average molecular weight is 155 g/mol. The van der Waals surface area contributed by atoms with Crippen molar-refractivity contribution in [2.45, 2.75) is 18.9 Å². The van der Waals surface area contributed by atoms with Gasteiger partial charge in [0.05, 0.1) is 13.0 Å². The number of carbonyl (C=O) groups is 1. The fourth-order valence-corrected chi connectivity index (χ4v) is 2.28. The lowest BCUT2D eigenvalue weighted by Gasteiger charge is -2.19. The molecule has 3 nitrogen and oxygen atoms in total. The van der Waals surface area contributed by atoms with E-state index in [9.17, 15) is 4.79 Å². The molecule has 1 saturated carbocycles. The fourth-order valence-electron chi connectivity index (χ4n) is 2.28. The third kappa shape index (κ3) is 1.03. The number of piperidine rings is 1. The molecule has 3 heteroatoms. The standard InChI is InChI=1S/C8H13NO2/c1-11-8(10)7-3-6-2-5(7)4-9-6/h5-7,9H,2-4H2,1H3/t5-,6-,7-/m1/s1. The zero-order valence-electron chi connectivity index (χ0n) is 6.67. The van der Waals surface area contributed by atoms with Crippen LogP contribution in [0.3, 0.4) is 0 Å². The smallest absolute Gasteiger partial charge is 0.309 e. The van der Waals surface area contributed by atoms with Crippen LogP contribution in [-0.2, 0) is 9.53 Å². The molecule has 62 valence electrons. The lowest BCUT2D eigenvalue weighted by atomic mass is 9.96. The molecule has 2 bridgehead atoms. The summed E-state index contributed by atoms with van der Waals surface area (Å²) in [7, 11) is 1.47. The van der Waals surface area contributed by atoms with Crippen molar-refractivity contribution in [3.8, 4) is 0 Å². The first-order valence-electron chi connectivity index (χ1n) is 4.12. The quantitative estimate of drug-likeness (QED) is 0.548. The van der Waals surface area contributed by atoms with Crippen molar-refractivity contribution in [2.24, 2.45) is 11.8 Å². The largest absolute Gasteiger partial charge is 0.469 e. The van der Waals surface area contributed by atoms with Crippen LogP contribution in [-0.4, -0.2) is 25.7 Å². The van der Waals surface area contributed by atoms with Gasteiger partial charge in [0.15, 0.2) is 0 Å². The second-order valence-electron chi connectivity index (χ2n) is 3.47. The number of fused-ring (bicyclic) bond motifs is 2. The van der Waals surface area contributed by atoms with Crippen LogP contribution in [0.25, 0.3) is 0 Å². The van der Waals surface area contributed by atoms with Crippen molar-refractivity contribution in [1.29, 1.82) is 0 Å². The highest BCUT2D eigenvalue weighted by molar-refractivity contribution is 5.73. The Bertz CT molecular complexity index is 181. The summed E-state index contributed by atoms with van der Waals surface area (Å²) in [6.45, 7) is 1.00. The van der Waals surface area contributed by atoms with E-state index < -0.39 is 0 Å². The molecule has 0 aromatic rings. The molecule has 1 N–H and O–H groups in total. The van der Waals surface area contributed by atoms with Crippen molar-refractivity contribution in [1.82, 2.24) is 5.32 Å². The van der Waals surface area contributed by atoms with Gasteiger partial charge in [-0.15, -0.1) is 0 Å². The summed E-state index contributed by atoms with van der Waals surface area (Å²) in [4.78, 5) is 11.2. The number of nitrogens with one attached hydrogen (secondary N) is 1. The maximum Gasteiger partial charge on any atom is 0.309 e. The highest BCUT2D eigenvalue weighted by Gasteiger charge is 2.43. The minimum Gasteiger partial charge on any atom is -0.469 e. The van der Waals surface area contributed by atoms with Gasteiger partial charge in [0, 0.05) is 6.04 Å². The summed E-state index contributed by atoms with van der Waals surface area (Å²) < 4.78 is 4.72. The van der Waals surface area contributed by atoms with E-state index in [2.05, 4.69) is 5.32 Å². The Kier molecular flexibility index (Phi) is 1.60. The van der Waals surface area contributed by atoms with E-state index in [1.54, 1.807) is 0 Å². The summed E-state index contributed by atoms with van der Waals surface area (Å²) in [5.74, 6) is 0.720. The second kappa shape index (κ2) is 2.48. The highest BCUT2D eigenvalue weighted by atomic mass is 16.5. The van der Waals surface area contributed by atoms with Crippen molar-refractivity contribution in [2.75, 3.05) is 13.7 Å². The first kappa shape index (κ1) is 7.10. The number of carbonyl (C=O) groups excluding carboxylic acids is 1. The van der Waals surface area contributed by atoms with E-state index in [0.29, 0.717) is 12.0 Å². The van der Waals surface area contributed by atoms with Crippen LogP contribution in [0.5, 0.6) is 0 Å². The molecule has 0 unspecified atom stereocenters. The van der Waals surface area contributed by atoms with E-state index in [4.69, 9.17) is 4.74 Å². The molecule has 0 spiro atoms. The van der Waals surface area contributed by atoms with Gasteiger partial charge in [0.2, 0.25) is 0 Å². The number of rotatable bonds is 1. The van der Waals surface area contributed by atoms with Crippen LogP contribution in [0.2, 0.25) is 0 Å². The van der Waals surface area contributed by atoms with Crippen LogP contribution >= 0.6 is 0 Å². The van der Waals surface area contributed by atoms with Gasteiger partial charge in [0.1, 0.15) is 0 Å². The van der Waals surface area contributed by atoms with Crippen LogP contribution in [0.1, 0.15) is 12.8 Å². The fraction of sp³-hybridized carbons (Fsp3) is 0.875. The van der Waals surface area contributed by atoms with Gasteiger partial charge in [-0.05, 0) is 25.3 Å². The van der Waals surface area contributed by atoms with Gasteiger partial charge in [-0.25, -0.2) is 0 Å². The Hall–Kier alpha value is -0.570. The molecule has 1 heterocycles. The summed E-state index contributed by atoms with van der Waals surface area (Å²) >= 11 is 0. The van der Waals surface area contributed by atoms with Gasteiger partial charge >= 0.3 is 5.97 Å². The number of methoxy groups -OCH3 is 1. The monoisotopic (exact) mass is 155 g/mol. The zero-order chi connectivity index (χ0) is 7.84. The third-order valence-electron chi connectivity index (χ3n) is 2.87. The van der Waals surface area contributed by atoms with Crippen LogP contribution < -0.4 is 5.32 Å². The van der Waals surface area contributed by atoms with Gasteiger partial charge in [0.25, 0.3) is 0 Å². The SMILES string of the molecule is COC(=O)[C@@H]1C[C@H]2C[C@@H]1CN2. The first-order chi connectivity index (χ1) is 5.31. The number of ether oxygens (including phenoxy) is 1. The average Bonchev–Trinajstić information content (AvgIpc) is 2.62. The zero-order valence-corrected chi connectivity index (χ0v) is 6.67. The van der Waals surface area contributed by atoms with Crippen molar-refractivity contribution >= 4 is 5.97 Å². The Morgan fingerprint density at radius 2 is 2.36 bits per heavy atom. The predicted molar refractivity (Wildman–Crippen MR) is 40.0 cm³/mol. The number of hydrogen-bond donors (Lipinski definition) is 1. The molecule has 11 heavy (non-hydrogen) atoms. The second-order valence-corrected chi connectivity index (χ2v) is 3.47. The maximum absolute atomic E-state index is 11.2. The molecule has 0 aromatic carbocycles. The summed E-state index contributed by atoms with van der Waals surface area (Å²) in [6.07, 6.45) is 2.15. The lowest BCUT2D eigenvalue weighted by molar-refractivity contribution is -0.146. The molecular weight excluding hydrogens is 142 g/mol. The van der Waals surface area contributed by atoms with Crippen molar-refractivity contribution < 1.29 is 9.53 Å². The molecule has 1 aliphatic heterocycles. The molecule has 3 atom stereocenters. The first-order valence-corrected chi connectivity index (χ1v) is 4.12. The third-order valence-corrected chi connectivity index (χ3v) is 2.87. The van der Waals surface area contributed by atoms with E-state index >= 15 is 0 Å². The molecule has 2 aliphatic rings.